The summed E-state index contributed by atoms with van der Waals surface area (Å²) in [4.78, 5) is 15.8. The number of carbonyl (C=O) groups excluding carboxylic acids is 1. The fourth-order valence-corrected chi connectivity index (χ4v) is 1.77. The van der Waals surface area contributed by atoms with Gasteiger partial charge in [-0.15, -0.1) is 0 Å². The molecule has 1 aromatic carbocycles. The third-order valence-electron chi connectivity index (χ3n) is 2.75. The zero-order chi connectivity index (χ0) is 12.8. The van der Waals surface area contributed by atoms with Gasteiger partial charge in [0, 0.05) is 24.3 Å². The van der Waals surface area contributed by atoms with Crippen LogP contribution in [0.1, 0.15) is 19.8 Å². The zero-order valence-electron chi connectivity index (χ0n) is 10.4. The van der Waals surface area contributed by atoms with Gasteiger partial charge in [-0.3, -0.25) is 4.98 Å². The molecule has 1 aromatic heterocycles. The molecule has 0 radical (unpaired) electrons. The van der Waals surface area contributed by atoms with Crippen molar-refractivity contribution in [2.75, 3.05) is 11.9 Å². The Hall–Kier alpha value is -2.10. The first-order chi connectivity index (χ1) is 8.81. The van der Waals surface area contributed by atoms with Crippen molar-refractivity contribution >= 4 is 22.5 Å². The van der Waals surface area contributed by atoms with Crippen molar-refractivity contribution in [2.24, 2.45) is 0 Å². The van der Waals surface area contributed by atoms with E-state index in [0.717, 1.165) is 29.3 Å². The van der Waals surface area contributed by atoms with Crippen LogP contribution in [0.15, 0.2) is 36.7 Å². The maximum atomic E-state index is 11.7. The second-order valence-electron chi connectivity index (χ2n) is 4.14. The number of nitrogens with one attached hydrogen (secondary N) is 2. The molecule has 1 heterocycles. The first-order valence-electron chi connectivity index (χ1n) is 6.19. The molecule has 0 atom stereocenters. The van der Waals surface area contributed by atoms with Crippen LogP contribution in [0.3, 0.4) is 0 Å². The van der Waals surface area contributed by atoms with E-state index >= 15 is 0 Å². The van der Waals surface area contributed by atoms with Crippen molar-refractivity contribution < 1.29 is 4.79 Å². The molecule has 94 valence electrons. The molecular weight excluding hydrogens is 226 g/mol. The lowest BCUT2D eigenvalue weighted by atomic mass is 10.1. The maximum absolute atomic E-state index is 11.7. The normalized spacial score (nSPS) is 10.3. The quantitative estimate of drug-likeness (QED) is 0.810. The second-order valence-corrected chi connectivity index (χ2v) is 4.14. The molecule has 0 bridgehead atoms. The molecule has 0 aliphatic carbocycles. The highest BCUT2D eigenvalue weighted by Gasteiger charge is 2.04. The Balaban J connectivity index is 2.09. The van der Waals surface area contributed by atoms with Gasteiger partial charge in [0.1, 0.15) is 0 Å². The fraction of sp³-hybridized carbons (Fsp3) is 0.286. The van der Waals surface area contributed by atoms with Crippen LogP contribution in [0.4, 0.5) is 10.5 Å². The van der Waals surface area contributed by atoms with Crippen LogP contribution in [-0.4, -0.2) is 17.6 Å². The van der Waals surface area contributed by atoms with Crippen LogP contribution in [-0.2, 0) is 0 Å². The number of fused-ring (bicyclic) bond motifs is 1. The summed E-state index contributed by atoms with van der Waals surface area (Å²) < 4.78 is 0. The van der Waals surface area contributed by atoms with Gasteiger partial charge in [0.2, 0.25) is 0 Å². The first-order valence-corrected chi connectivity index (χ1v) is 6.19. The molecule has 4 nitrogen and oxygen atoms in total. The van der Waals surface area contributed by atoms with Crippen molar-refractivity contribution in [3.63, 3.8) is 0 Å². The minimum atomic E-state index is -0.167. The molecule has 4 heteroatoms. The van der Waals surface area contributed by atoms with Crippen LogP contribution < -0.4 is 10.6 Å². The first kappa shape index (κ1) is 12.4. The van der Waals surface area contributed by atoms with Gasteiger partial charge in [-0.2, -0.15) is 0 Å². The van der Waals surface area contributed by atoms with Gasteiger partial charge in [0.25, 0.3) is 0 Å². The van der Waals surface area contributed by atoms with Gasteiger partial charge in [0.05, 0.1) is 5.69 Å². The van der Waals surface area contributed by atoms with E-state index < -0.39 is 0 Å². The van der Waals surface area contributed by atoms with Gasteiger partial charge in [0.15, 0.2) is 0 Å². The van der Waals surface area contributed by atoms with Gasteiger partial charge in [-0.1, -0.05) is 25.5 Å². The summed E-state index contributed by atoms with van der Waals surface area (Å²) in [6, 6.07) is 7.56. The third-order valence-corrected chi connectivity index (χ3v) is 2.75. The van der Waals surface area contributed by atoms with Crippen LogP contribution >= 0.6 is 0 Å². The van der Waals surface area contributed by atoms with Crippen LogP contribution in [0, 0.1) is 0 Å². The maximum Gasteiger partial charge on any atom is 0.319 e. The summed E-state index contributed by atoms with van der Waals surface area (Å²) >= 11 is 0. The van der Waals surface area contributed by atoms with Crippen molar-refractivity contribution in [2.45, 2.75) is 19.8 Å². The number of hydrogen-bond acceptors (Lipinski definition) is 2. The Morgan fingerprint density at radius 1 is 1.33 bits per heavy atom. The molecule has 0 aliphatic rings. The molecule has 18 heavy (non-hydrogen) atoms. The highest BCUT2D eigenvalue weighted by molar-refractivity contribution is 6.01. The van der Waals surface area contributed by atoms with Crippen molar-refractivity contribution in [3.8, 4) is 0 Å². The lowest BCUT2D eigenvalue weighted by molar-refractivity contribution is 0.252. The number of amides is 2. The Morgan fingerprint density at radius 2 is 2.22 bits per heavy atom. The number of anilines is 1. The number of carbonyl (C=O) groups is 1. The molecule has 0 saturated heterocycles. The largest absolute Gasteiger partial charge is 0.338 e. The lowest BCUT2D eigenvalue weighted by Crippen LogP contribution is -2.29. The molecule has 0 saturated carbocycles. The van der Waals surface area contributed by atoms with E-state index in [-0.39, 0.29) is 6.03 Å². The average Bonchev–Trinajstić information content (AvgIpc) is 2.39. The van der Waals surface area contributed by atoms with Gasteiger partial charge in [-0.05, 0) is 23.9 Å². The zero-order valence-corrected chi connectivity index (χ0v) is 10.4. The summed E-state index contributed by atoms with van der Waals surface area (Å²) in [5, 5.41) is 7.70. The number of urea groups is 1. The number of nitrogens with zero attached hydrogens (tertiary/aromatic N) is 1. The molecule has 2 rings (SSSR count). The highest BCUT2D eigenvalue weighted by atomic mass is 16.2. The van der Waals surface area contributed by atoms with Crippen molar-refractivity contribution in [1.29, 1.82) is 0 Å². The minimum Gasteiger partial charge on any atom is -0.338 e. The summed E-state index contributed by atoms with van der Waals surface area (Å²) in [6.45, 7) is 2.79. The number of pyridine rings is 1. The fourth-order valence-electron chi connectivity index (χ4n) is 1.77. The second kappa shape index (κ2) is 6.00. The molecule has 0 fully saturated rings. The Morgan fingerprint density at radius 3 is 3.06 bits per heavy atom. The monoisotopic (exact) mass is 243 g/mol. The van der Waals surface area contributed by atoms with E-state index in [1.807, 2.05) is 24.3 Å². The van der Waals surface area contributed by atoms with Crippen LogP contribution in [0.5, 0.6) is 0 Å². The number of unbranched alkanes of at least 4 members (excludes halogenated alkanes) is 1. The molecule has 0 aliphatic heterocycles. The smallest absolute Gasteiger partial charge is 0.319 e. The van der Waals surface area contributed by atoms with Crippen molar-refractivity contribution in [3.05, 3.63) is 36.7 Å². The van der Waals surface area contributed by atoms with Crippen LogP contribution in [0.25, 0.3) is 10.8 Å². The van der Waals surface area contributed by atoms with Crippen LogP contribution in [0.2, 0.25) is 0 Å². The van der Waals surface area contributed by atoms with E-state index in [2.05, 4.69) is 22.5 Å². The molecular formula is C14H17N3O. The summed E-state index contributed by atoms with van der Waals surface area (Å²) in [7, 11) is 0. The van der Waals surface area contributed by atoms with Crippen molar-refractivity contribution in [1.82, 2.24) is 10.3 Å². The number of aromatic nitrogens is 1. The highest BCUT2D eigenvalue weighted by Crippen LogP contribution is 2.21. The molecule has 0 unspecified atom stereocenters. The topological polar surface area (TPSA) is 54.0 Å². The minimum absolute atomic E-state index is 0.167. The predicted octanol–water partition coefficient (Wildman–Crippen LogP) is 3.16. The number of rotatable bonds is 4. The summed E-state index contributed by atoms with van der Waals surface area (Å²) in [5.74, 6) is 0. The molecule has 2 amide bonds. The Labute approximate surface area is 106 Å². The van der Waals surface area contributed by atoms with E-state index in [9.17, 15) is 4.79 Å². The van der Waals surface area contributed by atoms with E-state index in [0.29, 0.717) is 6.54 Å². The van der Waals surface area contributed by atoms with E-state index in [1.165, 1.54) is 0 Å². The SMILES string of the molecule is CCCCNC(=O)Nc1cccc2ccncc12. The number of hydrogen-bond donors (Lipinski definition) is 2. The lowest BCUT2D eigenvalue weighted by Gasteiger charge is -2.09. The average molecular weight is 243 g/mol. The summed E-state index contributed by atoms with van der Waals surface area (Å²) in [6.07, 6.45) is 5.56. The Kier molecular flexibility index (Phi) is 4.12. The van der Waals surface area contributed by atoms with E-state index in [1.54, 1.807) is 12.4 Å². The number of benzene rings is 1. The molecule has 2 aromatic rings. The van der Waals surface area contributed by atoms with Gasteiger partial charge >= 0.3 is 6.03 Å². The van der Waals surface area contributed by atoms with Gasteiger partial charge < -0.3 is 10.6 Å². The third kappa shape index (κ3) is 2.97. The predicted molar refractivity (Wildman–Crippen MR) is 73.7 cm³/mol. The summed E-state index contributed by atoms with van der Waals surface area (Å²) in [5.41, 5.74) is 0.787. The molecule has 2 N–H and O–H groups in total. The standard InChI is InChI=1S/C14H17N3O/c1-2-3-8-16-14(18)17-13-6-4-5-11-7-9-15-10-12(11)13/h4-7,9-10H,2-3,8H2,1H3,(H2,16,17,18). The van der Waals surface area contributed by atoms with Gasteiger partial charge in [-0.25, -0.2) is 4.79 Å². The Bertz CT molecular complexity index is 534. The van der Waals surface area contributed by atoms with E-state index in [4.69, 9.17) is 0 Å². The molecule has 0 spiro atoms.